The lowest BCUT2D eigenvalue weighted by Crippen LogP contribution is -2.52. The number of carboxylic acids is 3. The molecule has 23 heteroatoms. The van der Waals surface area contributed by atoms with Gasteiger partial charge in [-0.25, -0.2) is 14.4 Å². The van der Waals surface area contributed by atoms with Crippen molar-refractivity contribution in [2.24, 2.45) is 18.4 Å². The highest BCUT2D eigenvalue weighted by Crippen LogP contribution is 2.45. The Morgan fingerprint density at radius 2 is 1.32 bits per heavy atom. The normalized spacial score (nSPS) is 20.9. The number of rotatable bonds is 5. The molecule has 3 aliphatic heterocycles. The van der Waals surface area contributed by atoms with Crippen molar-refractivity contribution in [3.8, 4) is 0 Å². The zero-order valence-corrected chi connectivity index (χ0v) is 28.0. The number of hydrogen-bond donors (Lipinski definition) is 3. The summed E-state index contributed by atoms with van der Waals surface area (Å²) in [6.07, 6.45) is -5.43. The van der Waals surface area contributed by atoms with Gasteiger partial charge in [-0.1, -0.05) is 6.07 Å². The van der Waals surface area contributed by atoms with E-state index in [0.29, 0.717) is 25.0 Å². The molecule has 3 N–H and O–H groups in total. The number of pyridine rings is 1. The first-order valence-electron chi connectivity index (χ1n) is 15.5. The van der Waals surface area contributed by atoms with Crippen LogP contribution in [0.25, 0.3) is 0 Å². The Kier molecular flexibility index (Phi) is 16.0. The van der Waals surface area contributed by atoms with Crippen LogP contribution >= 0.6 is 0 Å². The number of nitrogens with zero attached hydrogens (tertiary/aromatic N) is 6. The van der Waals surface area contributed by atoms with E-state index in [1.54, 1.807) is 0 Å². The van der Waals surface area contributed by atoms with Crippen molar-refractivity contribution in [3.05, 3.63) is 48.0 Å². The van der Waals surface area contributed by atoms with Crippen LogP contribution in [0.3, 0.4) is 0 Å². The Labute approximate surface area is 295 Å². The fourth-order valence-electron chi connectivity index (χ4n) is 5.87. The zero-order valence-electron chi connectivity index (χ0n) is 28.0. The number of hydrogen-bond acceptors (Lipinski definition) is 9. The molecule has 3 aliphatic rings. The van der Waals surface area contributed by atoms with Gasteiger partial charge in [0.2, 0.25) is 5.91 Å². The van der Waals surface area contributed by atoms with E-state index < -0.39 is 36.4 Å². The van der Waals surface area contributed by atoms with E-state index in [1.165, 1.54) is 11.1 Å². The van der Waals surface area contributed by atoms with Crippen molar-refractivity contribution in [1.29, 1.82) is 0 Å². The molecule has 14 nitrogen and oxygen atoms in total. The van der Waals surface area contributed by atoms with E-state index in [-0.39, 0.29) is 5.41 Å². The van der Waals surface area contributed by atoms with E-state index in [9.17, 15) is 44.3 Å². The first-order valence-corrected chi connectivity index (χ1v) is 15.5. The smallest absolute Gasteiger partial charge is 0.475 e. The summed E-state index contributed by atoms with van der Waals surface area (Å²) in [4.78, 5) is 52.0. The predicted molar refractivity (Wildman–Crippen MR) is 162 cm³/mol. The van der Waals surface area contributed by atoms with Crippen LogP contribution in [-0.2, 0) is 44.1 Å². The molecular weight excluding hydrogens is 743 g/mol. The molecule has 2 aromatic rings. The second kappa shape index (κ2) is 19.0. The van der Waals surface area contributed by atoms with Gasteiger partial charge in [-0.05, 0) is 36.9 Å². The summed E-state index contributed by atoms with van der Waals surface area (Å²) in [6, 6.07) is 4.15. The SMILES string of the molecule is Cn1cc(CN2C[C@@H]3CN(Cc4cccnc4)CCC[C@]3(C(=O)N3CCOCC3)C2)cn1.O=C(O)C(F)(F)F.O=C(O)C(F)(F)F.O=C(O)C(F)(F)F. The molecule has 0 spiro atoms. The number of amides is 1. The standard InChI is InChI=1S/C24H34N6O2.3C2HF3O2/c1-27-14-21(13-26-27)16-29-18-22-17-28(15-20-4-2-6-25-12-20)7-3-5-24(22,19-29)23(31)30-8-10-32-11-9-30;3*3-2(4,5)1(6)7/h2,4,6,12-14,22H,3,5,7-11,15-19H2,1H3;3*(H,6,7)/t22-,24-;;;/m0.../s1. The lowest BCUT2D eigenvalue weighted by molar-refractivity contribution is -0.193. The van der Waals surface area contributed by atoms with Crippen molar-refractivity contribution in [1.82, 2.24) is 29.5 Å². The quantitative estimate of drug-likeness (QED) is 0.378. The Morgan fingerprint density at radius 3 is 1.77 bits per heavy atom. The van der Waals surface area contributed by atoms with Gasteiger partial charge < -0.3 is 25.0 Å². The van der Waals surface area contributed by atoms with Crippen molar-refractivity contribution in [2.45, 2.75) is 44.5 Å². The molecule has 0 aliphatic carbocycles. The third-order valence-electron chi connectivity index (χ3n) is 8.09. The molecule has 0 bridgehead atoms. The third kappa shape index (κ3) is 14.4. The number of morpholine rings is 1. The molecule has 0 unspecified atom stereocenters. The van der Waals surface area contributed by atoms with Crippen LogP contribution in [0.15, 0.2) is 36.9 Å². The molecule has 0 radical (unpaired) electrons. The van der Waals surface area contributed by atoms with Crippen molar-refractivity contribution < 1.29 is 78.7 Å². The lowest BCUT2D eigenvalue weighted by Gasteiger charge is -2.39. The Morgan fingerprint density at radius 1 is 0.811 bits per heavy atom. The Balaban J connectivity index is 0.000000379. The monoisotopic (exact) mass is 780 g/mol. The van der Waals surface area contributed by atoms with Crippen LogP contribution in [0.1, 0.15) is 24.0 Å². The Hall–Kier alpha value is -4.51. The molecule has 3 saturated heterocycles. The maximum absolute atomic E-state index is 14.0. The maximum Gasteiger partial charge on any atom is 0.490 e. The third-order valence-corrected chi connectivity index (χ3v) is 8.09. The van der Waals surface area contributed by atoms with Crippen LogP contribution in [0.4, 0.5) is 39.5 Å². The average molecular weight is 781 g/mol. The number of alkyl halides is 9. The number of carbonyl (C=O) groups is 4. The van der Waals surface area contributed by atoms with Crippen LogP contribution < -0.4 is 0 Å². The highest BCUT2D eigenvalue weighted by Gasteiger charge is 2.54. The van der Waals surface area contributed by atoms with Crippen molar-refractivity contribution >= 4 is 23.8 Å². The summed E-state index contributed by atoms with van der Waals surface area (Å²) in [5.74, 6) is -7.59. The number of aliphatic carboxylic acids is 3. The predicted octanol–water partition coefficient (Wildman–Crippen LogP) is 3.29. The minimum Gasteiger partial charge on any atom is -0.475 e. The van der Waals surface area contributed by atoms with Crippen molar-refractivity contribution in [2.75, 3.05) is 52.5 Å². The fourth-order valence-corrected chi connectivity index (χ4v) is 5.87. The number of aromatic nitrogens is 3. The summed E-state index contributed by atoms with van der Waals surface area (Å²) in [5, 5.41) is 25.7. The number of ether oxygens (including phenoxy) is 1. The van der Waals surface area contributed by atoms with Gasteiger partial charge in [0.05, 0.1) is 24.8 Å². The van der Waals surface area contributed by atoms with Gasteiger partial charge in [-0.3, -0.25) is 24.3 Å². The highest BCUT2D eigenvalue weighted by atomic mass is 19.4. The lowest BCUT2D eigenvalue weighted by atomic mass is 9.73. The van der Waals surface area contributed by atoms with Crippen LogP contribution in [0.5, 0.6) is 0 Å². The molecule has 5 heterocycles. The number of likely N-dealkylation sites (tertiary alicyclic amines) is 2. The first kappa shape index (κ1) is 44.7. The largest absolute Gasteiger partial charge is 0.490 e. The second-order valence-electron chi connectivity index (χ2n) is 12.1. The topological polar surface area (TPSA) is 179 Å². The minimum absolute atomic E-state index is 0.302. The molecule has 298 valence electrons. The number of halogens is 9. The molecular formula is C30H37F9N6O8. The molecule has 53 heavy (non-hydrogen) atoms. The second-order valence-corrected chi connectivity index (χ2v) is 12.1. The maximum atomic E-state index is 14.0. The molecule has 2 atom stereocenters. The van der Waals surface area contributed by atoms with Gasteiger partial charge in [0.25, 0.3) is 0 Å². The van der Waals surface area contributed by atoms with E-state index in [2.05, 4.69) is 37.0 Å². The number of aryl methyl sites for hydroxylation is 1. The van der Waals surface area contributed by atoms with E-state index >= 15 is 0 Å². The molecule has 1 amide bonds. The van der Waals surface area contributed by atoms with Gasteiger partial charge in [-0.15, -0.1) is 0 Å². The number of carbonyl (C=O) groups excluding carboxylic acids is 1. The van der Waals surface area contributed by atoms with Gasteiger partial charge in [0, 0.05) is 77.0 Å². The molecule has 5 rings (SSSR count). The van der Waals surface area contributed by atoms with E-state index in [0.717, 1.165) is 65.2 Å². The van der Waals surface area contributed by atoms with Gasteiger partial charge >= 0.3 is 36.4 Å². The van der Waals surface area contributed by atoms with Crippen LogP contribution in [0, 0.1) is 11.3 Å². The van der Waals surface area contributed by atoms with Gasteiger partial charge in [-0.2, -0.15) is 44.6 Å². The van der Waals surface area contributed by atoms with E-state index in [1.807, 2.05) is 36.4 Å². The van der Waals surface area contributed by atoms with Gasteiger partial charge in [0.15, 0.2) is 0 Å². The summed E-state index contributed by atoms with van der Waals surface area (Å²) in [5.41, 5.74) is 2.15. The average Bonchev–Trinajstić information content (AvgIpc) is 3.58. The Bertz CT molecular complexity index is 1440. The van der Waals surface area contributed by atoms with E-state index in [4.69, 9.17) is 34.4 Å². The molecule has 2 aromatic heterocycles. The number of fused-ring (bicyclic) bond motifs is 1. The number of carboxylic acid groups (broad SMARTS) is 3. The minimum atomic E-state index is -5.08. The molecule has 3 fully saturated rings. The summed E-state index contributed by atoms with van der Waals surface area (Å²) >= 11 is 0. The summed E-state index contributed by atoms with van der Waals surface area (Å²) in [6.45, 7) is 8.27. The fraction of sp³-hybridized carbons (Fsp3) is 0.600. The van der Waals surface area contributed by atoms with Crippen LogP contribution in [0.2, 0.25) is 0 Å². The summed E-state index contributed by atoms with van der Waals surface area (Å²) < 4.78 is 103. The van der Waals surface area contributed by atoms with Crippen LogP contribution in [-0.4, -0.2) is 140 Å². The zero-order chi connectivity index (χ0) is 40.2. The van der Waals surface area contributed by atoms with Crippen molar-refractivity contribution in [3.63, 3.8) is 0 Å². The first-order chi connectivity index (χ1) is 24.5. The molecule has 0 saturated carbocycles. The van der Waals surface area contributed by atoms with Gasteiger partial charge in [0.1, 0.15) is 0 Å². The highest BCUT2D eigenvalue weighted by molar-refractivity contribution is 5.84. The molecule has 0 aromatic carbocycles. The summed E-state index contributed by atoms with van der Waals surface area (Å²) in [7, 11) is 1.96.